The highest BCUT2D eigenvalue weighted by Crippen LogP contribution is 2.19. The van der Waals surface area contributed by atoms with Crippen molar-refractivity contribution in [3.05, 3.63) is 54.1 Å². The SMILES string of the molecule is O=C1NC(c2ccccc2)Cn2ccnc21. The lowest BCUT2D eigenvalue weighted by atomic mass is 10.1. The molecule has 4 heteroatoms. The maximum atomic E-state index is 11.7. The second-order valence-electron chi connectivity index (χ2n) is 3.84. The topological polar surface area (TPSA) is 46.9 Å². The van der Waals surface area contributed by atoms with E-state index in [9.17, 15) is 4.79 Å². The van der Waals surface area contributed by atoms with Gasteiger partial charge in [-0.15, -0.1) is 0 Å². The van der Waals surface area contributed by atoms with E-state index in [4.69, 9.17) is 0 Å². The van der Waals surface area contributed by atoms with Gasteiger partial charge in [-0.25, -0.2) is 4.98 Å². The Morgan fingerprint density at radius 1 is 1.31 bits per heavy atom. The van der Waals surface area contributed by atoms with Crippen LogP contribution in [0.25, 0.3) is 0 Å². The molecule has 1 aliphatic rings. The summed E-state index contributed by atoms with van der Waals surface area (Å²) in [6.45, 7) is 0.741. The number of hydrogen-bond donors (Lipinski definition) is 1. The minimum absolute atomic E-state index is 0.0374. The van der Waals surface area contributed by atoms with E-state index in [1.807, 2.05) is 41.1 Å². The lowest BCUT2D eigenvalue weighted by Gasteiger charge is -2.25. The van der Waals surface area contributed by atoms with Crippen molar-refractivity contribution >= 4 is 5.91 Å². The first-order valence-corrected chi connectivity index (χ1v) is 5.21. The van der Waals surface area contributed by atoms with Gasteiger partial charge >= 0.3 is 0 Å². The van der Waals surface area contributed by atoms with E-state index in [0.717, 1.165) is 12.1 Å². The van der Waals surface area contributed by atoms with E-state index < -0.39 is 0 Å². The van der Waals surface area contributed by atoms with Gasteiger partial charge < -0.3 is 9.88 Å². The standard InChI is InChI=1S/C12H11N3O/c16-12-11-13-6-7-15(11)8-10(14-12)9-4-2-1-3-5-9/h1-7,10H,8H2,(H,14,16). The normalized spacial score (nSPS) is 19.0. The number of hydrogen-bond acceptors (Lipinski definition) is 2. The Morgan fingerprint density at radius 3 is 2.94 bits per heavy atom. The molecule has 2 aromatic rings. The molecule has 2 heterocycles. The summed E-state index contributed by atoms with van der Waals surface area (Å²) < 4.78 is 1.89. The highest BCUT2D eigenvalue weighted by atomic mass is 16.2. The lowest BCUT2D eigenvalue weighted by molar-refractivity contribution is 0.0894. The number of aromatic nitrogens is 2. The zero-order chi connectivity index (χ0) is 11.0. The number of carbonyl (C=O) groups is 1. The van der Waals surface area contributed by atoms with Gasteiger partial charge in [0.15, 0.2) is 5.82 Å². The molecule has 4 nitrogen and oxygen atoms in total. The number of carbonyl (C=O) groups excluding carboxylic acids is 1. The third-order valence-electron chi connectivity index (χ3n) is 2.81. The Balaban J connectivity index is 1.95. The van der Waals surface area contributed by atoms with E-state index in [2.05, 4.69) is 10.3 Å². The van der Waals surface area contributed by atoms with Crippen molar-refractivity contribution in [1.82, 2.24) is 14.9 Å². The molecular formula is C12H11N3O. The first-order chi connectivity index (χ1) is 7.84. The molecule has 0 aliphatic carbocycles. The summed E-state index contributed by atoms with van der Waals surface area (Å²) in [5.41, 5.74) is 1.12. The number of benzene rings is 1. The molecule has 1 aromatic carbocycles. The Hall–Kier alpha value is -2.10. The van der Waals surface area contributed by atoms with Gasteiger partial charge in [0.05, 0.1) is 6.04 Å². The maximum Gasteiger partial charge on any atom is 0.287 e. The van der Waals surface area contributed by atoms with E-state index in [0.29, 0.717) is 5.82 Å². The smallest absolute Gasteiger partial charge is 0.287 e. The number of nitrogens with zero attached hydrogens (tertiary/aromatic N) is 2. The molecule has 1 aromatic heterocycles. The molecule has 1 amide bonds. The third-order valence-corrected chi connectivity index (χ3v) is 2.81. The number of fused-ring (bicyclic) bond motifs is 1. The van der Waals surface area contributed by atoms with Crippen LogP contribution in [0.3, 0.4) is 0 Å². The van der Waals surface area contributed by atoms with Crippen LogP contribution in [-0.2, 0) is 6.54 Å². The minimum atomic E-state index is -0.106. The van der Waals surface area contributed by atoms with Crippen molar-refractivity contribution < 1.29 is 4.79 Å². The Morgan fingerprint density at radius 2 is 2.12 bits per heavy atom. The van der Waals surface area contributed by atoms with Crippen LogP contribution in [0.1, 0.15) is 22.2 Å². The lowest BCUT2D eigenvalue weighted by Crippen LogP contribution is -2.38. The van der Waals surface area contributed by atoms with Crippen LogP contribution in [-0.4, -0.2) is 15.5 Å². The van der Waals surface area contributed by atoms with E-state index >= 15 is 0 Å². The molecule has 0 saturated heterocycles. The molecule has 3 rings (SSSR count). The van der Waals surface area contributed by atoms with Crippen LogP contribution in [0, 0.1) is 0 Å². The summed E-state index contributed by atoms with van der Waals surface area (Å²) >= 11 is 0. The second-order valence-corrected chi connectivity index (χ2v) is 3.84. The molecule has 1 N–H and O–H groups in total. The summed E-state index contributed by atoms with van der Waals surface area (Å²) in [6.07, 6.45) is 3.49. The van der Waals surface area contributed by atoms with Gasteiger partial charge in [0.2, 0.25) is 0 Å². The first-order valence-electron chi connectivity index (χ1n) is 5.21. The molecule has 0 bridgehead atoms. The van der Waals surface area contributed by atoms with Crippen molar-refractivity contribution in [2.45, 2.75) is 12.6 Å². The monoisotopic (exact) mass is 213 g/mol. The number of nitrogens with one attached hydrogen (secondary N) is 1. The van der Waals surface area contributed by atoms with E-state index in [1.54, 1.807) is 6.20 Å². The summed E-state index contributed by atoms with van der Waals surface area (Å²) in [5.74, 6) is 0.386. The predicted molar refractivity (Wildman–Crippen MR) is 58.9 cm³/mol. The molecule has 1 unspecified atom stereocenters. The number of rotatable bonds is 1. The minimum Gasteiger partial charge on any atom is -0.341 e. The summed E-state index contributed by atoms with van der Waals surface area (Å²) in [4.78, 5) is 15.8. The van der Waals surface area contributed by atoms with Crippen LogP contribution >= 0.6 is 0 Å². The van der Waals surface area contributed by atoms with Gasteiger partial charge in [-0.2, -0.15) is 0 Å². The van der Waals surface area contributed by atoms with Gasteiger partial charge in [0, 0.05) is 18.9 Å². The van der Waals surface area contributed by atoms with Crippen LogP contribution in [0.15, 0.2) is 42.7 Å². The number of amides is 1. The fourth-order valence-electron chi connectivity index (χ4n) is 2.00. The summed E-state index contributed by atoms with van der Waals surface area (Å²) in [5, 5.41) is 2.95. The van der Waals surface area contributed by atoms with Gasteiger partial charge in [-0.1, -0.05) is 30.3 Å². The fraction of sp³-hybridized carbons (Fsp3) is 0.167. The van der Waals surface area contributed by atoms with Crippen LogP contribution in [0.5, 0.6) is 0 Å². The summed E-state index contributed by atoms with van der Waals surface area (Å²) in [7, 11) is 0. The molecule has 0 fully saturated rings. The molecule has 1 atom stereocenters. The highest BCUT2D eigenvalue weighted by Gasteiger charge is 2.25. The van der Waals surface area contributed by atoms with E-state index in [-0.39, 0.29) is 11.9 Å². The molecule has 0 saturated carbocycles. The molecule has 1 aliphatic heterocycles. The average Bonchev–Trinajstić information content (AvgIpc) is 2.79. The molecule has 0 spiro atoms. The predicted octanol–water partition coefficient (Wildman–Crippen LogP) is 1.37. The first kappa shape index (κ1) is 9.15. The number of imidazole rings is 1. The van der Waals surface area contributed by atoms with Gasteiger partial charge in [-0.3, -0.25) is 4.79 Å². The summed E-state index contributed by atoms with van der Waals surface area (Å²) in [6, 6.07) is 10.0. The van der Waals surface area contributed by atoms with Crippen LogP contribution in [0.4, 0.5) is 0 Å². The largest absolute Gasteiger partial charge is 0.341 e. The fourth-order valence-corrected chi connectivity index (χ4v) is 2.00. The van der Waals surface area contributed by atoms with Crippen molar-refractivity contribution in [2.24, 2.45) is 0 Å². The molecule has 80 valence electrons. The second kappa shape index (κ2) is 3.48. The van der Waals surface area contributed by atoms with Gasteiger partial charge in [0.1, 0.15) is 0 Å². The third kappa shape index (κ3) is 1.39. The zero-order valence-electron chi connectivity index (χ0n) is 8.63. The van der Waals surface area contributed by atoms with Gasteiger partial charge in [-0.05, 0) is 5.56 Å². The quantitative estimate of drug-likeness (QED) is 0.777. The Labute approximate surface area is 92.9 Å². The van der Waals surface area contributed by atoms with Crippen molar-refractivity contribution in [3.8, 4) is 0 Å². The average molecular weight is 213 g/mol. The van der Waals surface area contributed by atoms with Gasteiger partial charge in [0.25, 0.3) is 5.91 Å². The van der Waals surface area contributed by atoms with Crippen LogP contribution in [0.2, 0.25) is 0 Å². The van der Waals surface area contributed by atoms with Crippen molar-refractivity contribution in [2.75, 3.05) is 0 Å². The Kier molecular flexibility index (Phi) is 1.99. The molecule has 0 radical (unpaired) electrons. The molecular weight excluding hydrogens is 202 g/mol. The van der Waals surface area contributed by atoms with Crippen molar-refractivity contribution in [3.63, 3.8) is 0 Å². The maximum absolute atomic E-state index is 11.7. The Bertz CT molecular complexity index is 518. The van der Waals surface area contributed by atoms with E-state index in [1.165, 1.54) is 0 Å². The van der Waals surface area contributed by atoms with Crippen molar-refractivity contribution in [1.29, 1.82) is 0 Å². The highest BCUT2D eigenvalue weighted by molar-refractivity contribution is 5.91. The molecule has 16 heavy (non-hydrogen) atoms. The van der Waals surface area contributed by atoms with Crippen LogP contribution < -0.4 is 5.32 Å². The zero-order valence-corrected chi connectivity index (χ0v) is 8.63.